The molecule has 0 unspecified atom stereocenters. The number of nitrogens with one attached hydrogen (secondary N) is 1. The molecular weight excluding hydrogens is 423 g/mol. The molecule has 4 nitrogen and oxygen atoms in total. The van der Waals surface area contributed by atoms with Gasteiger partial charge in [-0.25, -0.2) is 4.39 Å². The van der Waals surface area contributed by atoms with Crippen molar-refractivity contribution < 1.29 is 14.0 Å². The number of amides is 2. The highest BCUT2D eigenvalue weighted by Gasteiger charge is 2.28. The van der Waals surface area contributed by atoms with Crippen molar-refractivity contribution >= 4 is 40.9 Å². The molecule has 2 aliphatic rings. The van der Waals surface area contributed by atoms with Crippen LogP contribution in [0.4, 0.5) is 10.1 Å². The van der Waals surface area contributed by atoms with Gasteiger partial charge < -0.3 is 10.2 Å². The van der Waals surface area contributed by atoms with Crippen LogP contribution in [0.5, 0.6) is 0 Å². The number of benzene rings is 2. The standard InChI is InChI=1S/C23H24ClFN2O2S/c1-14-5-8-16(9-6-14)26-23(29)15-7-10-21-20(11-15)27(22(28)13-30-21)12-17-18(24)3-2-4-19(17)25/h2-4,7,10-11,14,16H,5-6,8-9,12-13H2,1H3,(H,26,29). The number of fused-ring (bicyclic) bond motifs is 1. The minimum atomic E-state index is -0.449. The molecule has 2 amide bonds. The van der Waals surface area contributed by atoms with Gasteiger partial charge in [0.1, 0.15) is 5.82 Å². The third-order valence-electron chi connectivity index (χ3n) is 5.89. The zero-order chi connectivity index (χ0) is 21.3. The van der Waals surface area contributed by atoms with Crippen molar-refractivity contribution in [3.63, 3.8) is 0 Å². The van der Waals surface area contributed by atoms with Crippen LogP contribution >= 0.6 is 23.4 Å². The minimum Gasteiger partial charge on any atom is -0.349 e. The lowest BCUT2D eigenvalue weighted by Gasteiger charge is -2.30. The Hall–Kier alpha value is -2.05. The summed E-state index contributed by atoms with van der Waals surface area (Å²) in [5.41, 5.74) is 1.41. The van der Waals surface area contributed by atoms with Crippen LogP contribution in [0.25, 0.3) is 0 Å². The molecule has 1 fully saturated rings. The number of hydrogen-bond acceptors (Lipinski definition) is 3. The number of carbonyl (C=O) groups excluding carboxylic acids is 2. The van der Waals surface area contributed by atoms with E-state index in [0.717, 1.165) is 30.6 Å². The van der Waals surface area contributed by atoms with Crippen molar-refractivity contribution in [3.8, 4) is 0 Å². The predicted octanol–water partition coefficient (Wildman–Crippen LogP) is 5.43. The van der Waals surface area contributed by atoms with Gasteiger partial charge in [0.25, 0.3) is 5.91 Å². The molecule has 0 spiro atoms. The Balaban J connectivity index is 1.58. The third kappa shape index (κ3) is 4.49. The Morgan fingerprint density at radius 1 is 1.23 bits per heavy atom. The summed E-state index contributed by atoms with van der Waals surface area (Å²) < 4.78 is 14.3. The minimum absolute atomic E-state index is 0.0312. The second-order valence-corrected chi connectivity index (χ2v) is 9.51. The Kier molecular flexibility index (Phi) is 6.34. The topological polar surface area (TPSA) is 49.4 Å². The van der Waals surface area contributed by atoms with Crippen molar-refractivity contribution in [2.24, 2.45) is 5.92 Å². The number of rotatable bonds is 4. The molecule has 158 valence electrons. The molecule has 0 radical (unpaired) electrons. The number of anilines is 1. The summed E-state index contributed by atoms with van der Waals surface area (Å²) in [5.74, 6) is 0.263. The maximum absolute atomic E-state index is 14.3. The molecular formula is C23H24ClFN2O2S. The smallest absolute Gasteiger partial charge is 0.251 e. The lowest BCUT2D eigenvalue weighted by atomic mass is 9.87. The molecule has 1 aliphatic carbocycles. The fraction of sp³-hybridized carbons (Fsp3) is 0.391. The summed E-state index contributed by atoms with van der Waals surface area (Å²) >= 11 is 7.60. The summed E-state index contributed by atoms with van der Waals surface area (Å²) in [7, 11) is 0. The molecule has 2 aromatic rings. The fourth-order valence-corrected chi connectivity index (χ4v) is 5.17. The maximum Gasteiger partial charge on any atom is 0.251 e. The first kappa shape index (κ1) is 21.2. The highest BCUT2D eigenvalue weighted by atomic mass is 35.5. The van der Waals surface area contributed by atoms with E-state index in [4.69, 9.17) is 11.6 Å². The van der Waals surface area contributed by atoms with Gasteiger partial charge in [0.2, 0.25) is 5.91 Å². The van der Waals surface area contributed by atoms with Crippen LogP contribution in [-0.4, -0.2) is 23.6 Å². The summed E-state index contributed by atoms with van der Waals surface area (Å²) in [5, 5.41) is 3.41. The monoisotopic (exact) mass is 446 g/mol. The van der Waals surface area contributed by atoms with Gasteiger partial charge in [-0.3, -0.25) is 9.59 Å². The van der Waals surface area contributed by atoms with Crippen molar-refractivity contribution in [2.45, 2.75) is 50.1 Å². The average Bonchev–Trinajstić information content (AvgIpc) is 2.73. The van der Waals surface area contributed by atoms with E-state index in [9.17, 15) is 14.0 Å². The largest absolute Gasteiger partial charge is 0.349 e. The highest BCUT2D eigenvalue weighted by molar-refractivity contribution is 8.00. The predicted molar refractivity (Wildman–Crippen MR) is 119 cm³/mol. The Morgan fingerprint density at radius 3 is 2.73 bits per heavy atom. The van der Waals surface area contributed by atoms with Crippen LogP contribution in [0, 0.1) is 11.7 Å². The Bertz CT molecular complexity index is 955. The van der Waals surface area contributed by atoms with E-state index in [2.05, 4.69) is 12.2 Å². The van der Waals surface area contributed by atoms with Crippen LogP contribution in [-0.2, 0) is 11.3 Å². The maximum atomic E-state index is 14.3. The lowest BCUT2D eigenvalue weighted by Crippen LogP contribution is -2.38. The van der Waals surface area contributed by atoms with E-state index >= 15 is 0 Å². The van der Waals surface area contributed by atoms with Gasteiger partial charge in [-0.05, 0) is 61.9 Å². The molecule has 0 aromatic heterocycles. The summed E-state index contributed by atoms with van der Waals surface area (Å²) in [6.45, 7) is 2.27. The molecule has 30 heavy (non-hydrogen) atoms. The average molecular weight is 447 g/mol. The summed E-state index contributed by atoms with van der Waals surface area (Å²) in [6, 6.07) is 10.1. The second-order valence-electron chi connectivity index (χ2n) is 8.08. The van der Waals surface area contributed by atoms with Crippen molar-refractivity contribution in [3.05, 3.63) is 58.4 Å². The second kappa shape index (κ2) is 8.98. The van der Waals surface area contributed by atoms with Crippen LogP contribution in [0.15, 0.2) is 41.3 Å². The molecule has 4 rings (SSSR count). The summed E-state index contributed by atoms with van der Waals surface area (Å²) in [4.78, 5) is 27.9. The SMILES string of the molecule is CC1CCC(NC(=O)c2ccc3c(c2)N(Cc2c(F)cccc2Cl)C(=O)CS3)CC1. The van der Waals surface area contributed by atoms with Gasteiger partial charge in [-0.1, -0.05) is 24.6 Å². The molecule has 0 saturated heterocycles. The van der Waals surface area contributed by atoms with Gasteiger partial charge in [0.05, 0.1) is 18.0 Å². The molecule has 2 aromatic carbocycles. The number of hydrogen-bond donors (Lipinski definition) is 1. The number of thioether (sulfide) groups is 1. The number of nitrogens with zero attached hydrogens (tertiary/aromatic N) is 1. The van der Waals surface area contributed by atoms with Gasteiger partial charge in [0.15, 0.2) is 0 Å². The normalized spacial score (nSPS) is 21.3. The van der Waals surface area contributed by atoms with Gasteiger partial charge in [0, 0.05) is 27.1 Å². The number of halogens is 2. The van der Waals surface area contributed by atoms with E-state index < -0.39 is 5.82 Å². The van der Waals surface area contributed by atoms with Crippen LogP contribution in [0.3, 0.4) is 0 Å². The Labute approximate surface area is 185 Å². The van der Waals surface area contributed by atoms with Gasteiger partial charge >= 0.3 is 0 Å². The van der Waals surface area contributed by atoms with Gasteiger partial charge in [-0.15, -0.1) is 11.8 Å². The fourth-order valence-electron chi connectivity index (χ4n) is 4.03. The Morgan fingerprint density at radius 2 is 2.00 bits per heavy atom. The van der Waals surface area contributed by atoms with E-state index in [0.29, 0.717) is 17.2 Å². The first-order chi connectivity index (χ1) is 14.4. The molecule has 0 bridgehead atoms. The van der Waals surface area contributed by atoms with Gasteiger partial charge in [-0.2, -0.15) is 0 Å². The first-order valence-corrected chi connectivity index (χ1v) is 11.6. The van der Waals surface area contributed by atoms with Crippen LogP contribution in [0.1, 0.15) is 48.5 Å². The van der Waals surface area contributed by atoms with E-state index in [1.165, 1.54) is 28.8 Å². The van der Waals surface area contributed by atoms with Crippen molar-refractivity contribution in [2.75, 3.05) is 10.7 Å². The van der Waals surface area contributed by atoms with E-state index in [1.807, 2.05) is 6.07 Å². The van der Waals surface area contributed by atoms with Crippen molar-refractivity contribution in [1.29, 1.82) is 0 Å². The number of carbonyl (C=O) groups is 2. The summed E-state index contributed by atoms with van der Waals surface area (Å²) in [6.07, 6.45) is 4.23. The first-order valence-electron chi connectivity index (χ1n) is 10.2. The zero-order valence-corrected chi connectivity index (χ0v) is 18.4. The molecule has 1 aliphatic heterocycles. The van der Waals surface area contributed by atoms with Crippen molar-refractivity contribution in [1.82, 2.24) is 5.32 Å². The third-order valence-corrected chi connectivity index (χ3v) is 7.29. The van der Waals surface area contributed by atoms with E-state index in [-0.39, 0.29) is 40.7 Å². The van der Waals surface area contributed by atoms with Crippen LogP contribution in [0.2, 0.25) is 5.02 Å². The van der Waals surface area contributed by atoms with Crippen LogP contribution < -0.4 is 10.2 Å². The highest BCUT2D eigenvalue weighted by Crippen LogP contribution is 2.38. The molecule has 7 heteroatoms. The molecule has 1 N–H and O–H groups in total. The zero-order valence-electron chi connectivity index (χ0n) is 16.8. The molecule has 1 heterocycles. The molecule has 0 atom stereocenters. The lowest BCUT2D eigenvalue weighted by molar-refractivity contribution is -0.116. The molecule has 1 saturated carbocycles. The van der Waals surface area contributed by atoms with E-state index in [1.54, 1.807) is 18.2 Å². The quantitative estimate of drug-likeness (QED) is 0.681.